The summed E-state index contributed by atoms with van der Waals surface area (Å²) in [6.45, 7) is 1.86. The number of Topliss-reactive ketones (excluding diaryl/α,β-unsaturated/α-hetero) is 1. The highest BCUT2D eigenvalue weighted by Gasteiger charge is 2.12. The summed E-state index contributed by atoms with van der Waals surface area (Å²) in [5.74, 6) is 0.514. The standard InChI is InChI=1S/C11H13ClO3/c1-7(13)9-5-10(12)11(15-3)4-8(9)6-14-2/h4-5H,6H2,1-3H3. The number of ketones is 1. The maximum Gasteiger partial charge on any atom is 0.160 e. The molecule has 0 N–H and O–H groups in total. The second-order valence-corrected chi connectivity index (χ2v) is 3.54. The molecule has 82 valence electrons. The molecule has 0 aromatic heterocycles. The Hall–Kier alpha value is -1.06. The van der Waals surface area contributed by atoms with Gasteiger partial charge in [0.1, 0.15) is 5.75 Å². The van der Waals surface area contributed by atoms with E-state index >= 15 is 0 Å². The van der Waals surface area contributed by atoms with Crippen LogP contribution >= 0.6 is 11.6 Å². The Labute approximate surface area is 93.9 Å². The molecule has 0 unspecified atom stereocenters. The molecule has 0 saturated heterocycles. The van der Waals surface area contributed by atoms with Crippen LogP contribution in [0.15, 0.2) is 12.1 Å². The maximum atomic E-state index is 11.3. The normalized spacial score (nSPS) is 10.1. The van der Waals surface area contributed by atoms with E-state index in [9.17, 15) is 4.79 Å². The molecular weight excluding hydrogens is 216 g/mol. The van der Waals surface area contributed by atoms with Crippen LogP contribution in [0.5, 0.6) is 5.75 Å². The number of halogens is 1. The van der Waals surface area contributed by atoms with Gasteiger partial charge in [-0.25, -0.2) is 0 Å². The van der Waals surface area contributed by atoms with Crippen molar-refractivity contribution in [1.29, 1.82) is 0 Å². The van der Waals surface area contributed by atoms with E-state index in [-0.39, 0.29) is 5.78 Å². The average molecular weight is 229 g/mol. The minimum Gasteiger partial charge on any atom is -0.495 e. The number of benzene rings is 1. The maximum absolute atomic E-state index is 11.3. The fourth-order valence-corrected chi connectivity index (χ4v) is 1.60. The molecule has 0 atom stereocenters. The monoisotopic (exact) mass is 228 g/mol. The van der Waals surface area contributed by atoms with Gasteiger partial charge < -0.3 is 9.47 Å². The molecule has 3 nitrogen and oxygen atoms in total. The van der Waals surface area contributed by atoms with Gasteiger partial charge in [-0.1, -0.05) is 11.6 Å². The van der Waals surface area contributed by atoms with Gasteiger partial charge >= 0.3 is 0 Å². The summed E-state index contributed by atoms with van der Waals surface area (Å²) in [6.07, 6.45) is 0. The van der Waals surface area contributed by atoms with Crippen molar-refractivity contribution in [2.24, 2.45) is 0 Å². The van der Waals surface area contributed by atoms with E-state index in [1.807, 2.05) is 0 Å². The first kappa shape index (κ1) is 12.0. The number of rotatable bonds is 4. The first-order valence-electron chi connectivity index (χ1n) is 4.46. The summed E-state index contributed by atoms with van der Waals surface area (Å²) < 4.78 is 10.1. The van der Waals surface area contributed by atoms with Gasteiger partial charge in [-0.3, -0.25) is 4.79 Å². The molecule has 0 aliphatic carbocycles. The van der Waals surface area contributed by atoms with E-state index in [4.69, 9.17) is 21.1 Å². The Morgan fingerprint density at radius 1 is 1.40 bits per heavy atom. The number of hydrogen-bond donors (Lipinski definition) is 0. The lowest BCUT2D eigenvalue weighted by molar-refractivity contribution is 0.101. The molecule has 0 spiro atoms. The van der Waals surface area contributed by atoms with Crippen molar-refractivity contribution in [1.82, 2.24) is 0 Å². The molecule has 0 bridgehead atoms. The van der Waals surface area contributed by atoms with Crippen LogP contribution in [0, 0.1) is 0 Å². The smallest absolute Gasteiger partial charge is 0.160 e. The van der Waals surface area contributed by atoms with Crippen LogP contribution in [0.3, 0.4) is 0 Å². The van der Waals surface area contributed by atoms with Gasteiger partial charge in [0.15, 0.2) is 5.78 Å². The van der Waals surface area contributed by atoms with Crippen LogP contribution in [0.2, 0.25) is 5.02 Å². The third kappa shape index (κ3) is 2.70. The minimum atomic E-state index is -0.0356. The highest BCUT2D eigenvalue weighted by molar-refractivity contribution is 6.32. The molecule has 0 fully saturated rings. The van der Waals surface area contributed by atoms with E-state index in [0.717, 1.165) is 5.56 Å². The third-order valence-electron chi connectivity index (χ3n) is 2.06. The molecule has 0 amide bonds. The van der Waals surface area contributed by atoms with E-state index < -0.39 is 0 Å². The summed E-state index contributed by atoms with van der Waals surface area (Å²) in [5.41, 5.74) is 1.36. The third-order valence-corrected chi connectivity index (χ3v) is 2.35. The van der Waals surface area contributed by atoms with E-state index in [1.54, 1.807) is 19.2 Å². The quantitative estimate of drug-likeness (QED) is 0.744. The molecular formula is C11H13ClO3. The second-order valence-electron chi connectivity index (χ2n) is 3.13. The van der Waals surface area contributed by atoms with Crippen molar-refractivity contribution in [2.75, 3.05) is 14.2 Å². The zero-order valence-electron chi connectivity index (χ0n) is 8.96. The topological polar surface area (TPSA) is 35.5 Å². The van der Waals surface area contributed by atoms with E-state index in [0.29, 0.717) is 22.9 Å². The predicted molar refractivity (Wildman–Crippen MR) is 58.7 cm³/mol. The van der Waals surface area contributed by atoms with Gasteiger partial charge in [0.25, 0.3) is 0 Å². The summed E-state index contributed by atoms with van der Waals surface area (Å²) >= 11 is 5.93. The fourth-order valence-electron chi connectivity index (χ4n) is 1.35. The molecule has 4 heteroatoms. The molecule has 0 aliphatic heterocycles. The lowest BCUT2D eigenvalue weighted by Crippen LogP contribution is -2.02. The van der Waals surface area contributed by atoms with Gasteiger partial charge in [0, 0.05) is 12.7 Å². The first-order chi connectivity index (χ1) is 7.10. The molecule has 0 radical (unpaired) electrons. The number of methoxy groups -OCH3 is 2. The van der Waals surface area contributed by atoms with Gasteiger partial charge in [0.05, 0.1) is 18.7 Å². The molecule has 1 aromatic carbocycles. The van der Waals surface area contributed by atoms with Crippen molar-refractivity contribution in [3.8, 4) is 5.75 Å². The van der Waals surface area contributed by atoms with Crippen molar-refractivity contribution in [3.05, 3.63) is 28.3 Å². The first-order valence-corrected chi connectivity index (χ1v) is 4.84. The van der Waals surface area contributed by atoms with Gasteiger partial charge in [-0.15, -0.1) is 0 Å². The Morgan fingerprint density at radius 2 is 2.07 bits per heavy atom. The number of hydrogen-bond acceptors (Lipinski definition) is 3. The van der Waals surface area contributed by atoms with Crippen LogP contribution in [0.1, 0.15) is 22.8 Å². The summed E-state index contributed by atoms with van der Waals surface area (Å²) in [6, 6.07) is 3.33. The van der Waals surface area contributed by atoms with Crippen LogP contribution in [0.25, 0.3) is 0 Å². The number of carbonyl (C=O) groups is 1. The molecule has 0 heterocycles. The SMILES string of the molecule is COCc1cc(OC)c(Cl)cc1C(C)=O. The second kappa shape index (κ2) is 5.14. The van der Waals surface area contributed by atoms with E-state index in [2.05, 4.69) is 0 Å². The minimum absolute atomic E-state index is 0.0356. The van der Waals surface area contributed by atoms with Gasteiger partial charge in [0.2, 0.25) is 0 Å². The van der Waals surface area contributed by atoms with Gasteiger partial charge in [-0.05, 0) is 24.6 Å². The molecule has 0 aliphatic rings. The van der Waals surface area contributed by atoms with Crippen molar-refractivity contribution in [2.45, 2.75) is 13.5 Å². The summed E-state index contributed by atoms with van der Waals surface area (Å²) in [4.78, 5) is 11.3. The van der Waals surface area contributed by atoms with Crippen LogP contribution in [0.4, 0.5) is 0 Å². The molecule has 15 heavy (non-hydrogen) atoms. The lowest BCUT2D eigenvalue weighted by Gasteiger charge is -2.10. The summed E-state index contributed by atoms with van der Waals surface area (Å²) in [7, 11) is 3.11. The van der Waals surface area contributed by atoms with Crippen LogP contribution in [-0.2, 0) is 11.3 Å². The zero-order chi connectivity index (χ0) is 11.4. The fraction of sp³-hybridized carbons (Fsp3) is 0.364. The highest BCUT2D eigenvalue weighted by Crippen LogP contribution is 2.28. The Kier molecular flexibility index (Phi) is 4.12. The molecule has 1 aromatic rings. The lowest BCUT2D eigenvalue weighted by atomic mass is 10.0. The van der Waals surface area contributed by atoms with E-state index in [1.165, 1.54) is 14.0 Å². The van der Waals surface area contributed by atoms with Crippen molar-refractivity contribution in [3.63, 3.8) is 0 Å². The van der Waals surface area contributed by atoms with Crippen LogP contribution < -0.4 is 4.74 Å². The number of carbonyl (C=O) groups excluding carboxylic acids is 1. The Bertz CT molecular complexity index is 374. The van der Waals surface area contributed by atoms with Crippen LogP contribution in [-0.4, -0.2) is 20.0 Å². The zero-order valence-corrected chi connectivity index (χ0v) is 9.72. The van der Waals surface area contributed by atoms with Gasteiger partial charge in [-0.2, -0.15) is 0 Å². The number of ether oxygens (including phenoxy) is 2. The Balaban J connectivity index is 3.25. The molecule has 1 rings (SSSR count). The predicted octanol–water partition coefficient (Wildman–Crippen LogP) is 2.70. The summed E-state index contributed by atoms with van der Waals surface area (Å²) in [5, 5.41) is 0.433. The highest BCUT2D eigenvalue weighted by atomic mass is 35.5. The Morgan fingerprint density at radius 3 is 2.53 bits per heavy atom. The van der Waals surface area contributed by atoms with Crippen molar-refractivity contribution < 1.29 is 14.3 Å². The molecule has 0 saturated carbocycles. The average Bonchev–Trinajstić information content (AvgIpc) is 2.20. The largest absolute Gasteiger partial charge is 0.495 e. The van der Waals surface area contributed by atoms with Crippen molar-refractivity contribution >= 4 is 17.4 Å².